The molecule has 0 unspecified atom stereocenters. The molecule has 23 heavy (non-hydrogen) atoms. The normalized spacial score (nSPS) is 19.6. The summed E-state index contributed by atoms with van der Waals surface area (Å²) < 4.78 is 0. The van der Waals surface area contributed by atoms with Crippen LogP contribution in [0.5, 0.6) is 0 Å². The largest absolute Gasteiger partial charge is 0.324 e. The van der Waals surface area contributed by atoms with Crippen LogP contribution in [0.25, 0.3) is 0 Å². The van der Waals surface area contributed by atoms with E-state index in [1.54, 1.807) is 0 Å². The Morgan fingerprint density at radius 2 is 1.57 bits per heavy atom. The molecule has 2 aliphatic carbocycles. The minimum atomic E-state index is 0.251. The third-order valence-corrected chi connectivity index (χ3v) is 5.88. The molecular formula is C20H28N2O. The summed E-state index contributed by atoms with van der Waals surface area (Å²) in [6.45, 7) is 4.80. The van der Waals surface area contributed by atoms with Gasteiger partial charge in [-0.05, 0) is 87.0 Å². The van der Waals surface area contributed by atoms with Gasteiger partial charge in [0.2, 0.25) is 0 Å². The first-order chi connectivity index (χ1) is 11.3. The number of likely N-dealkylation sites (tertiary alicyclic amines) is 1. The Balaban J connectivity index is 1.74. The van der Waals surface area contributed by atoms with Crippen molar-refractivity contribution < 1.29 is 4.79 Å². The van der Waals surface area contributed by atoms with Gasteiger partial charge in [-0.1, -0.05) is 6.07 Å². The molecule has 1 saturated heterocycles. The number of nitrogens with zero attached hydrogens (tertiary/aromatic N) is 2. The van der Waals surface area contributed by atoms with E-state index in [1.807, 2.05) is 0 Å². The third kappa shape index (κ3) is 2.54. The number of piperidine rings is 1. The highest BCUT2D eigenvalue weighted by Gasteiger charge is 2.31. The lowest BCUT2D eigenvalue weighted by atomic mass is 9.97. The van der Waals surface area contributed by atoms with Gasteiger partial charge in [-0.25, -0.2) is 4.79 Å². The van der Waals surface area contributed by atoms with Gasteiger partial charge in [-0.2, -0.15) is 0 Å². The number of aryl methyl sites for hydroxylation is 2. The summed E-state index contributed by atoms with van der Waals surface area (Å²) in [6, 6.07) is 2.70. The fraction of sp³-hybridized carbons (Fsp3) is 0.650. The molecule has 0 radical (unpaired) electrons. The van der Waals surface area contributed by atoms with Crippen LogP contribution in [0.15, 0.2) is 6.07 Å². The summed E-state index contributed by atoms with van der Waals surface area (Å²) in [5, 5.41) is 0. The van der Waals surface area contributed by atoms with Crippen LogP contribution in [0.2, 0.25) is 0 Å². The summed E-state index contributed by atoms with van der Waals surface area (Å²) in [4.78, 5) is 17.4. The quantitative estimate of drug-likeness (QED) is 0.806. The molecule has 1 heterocycles. The topological polar surface area (TPSA) is 23.6 Å². The number of hydrogen-bond acceptors (Lipinski definition) is 1. The van der Waals surface area contributed by atoms with Gasteiger partial charge >= 0.3 is 6.03 Å². The fourth-order valence-electron chi connectivity index (χ4n) is 4.76. The van der Waals surface area contributed by atoms with Crippen molar-refractivity contribution in [2.75, 3.05) is 24.5 Å². The van der Waals surface area contributed by atoms with Gasteiger partial charge in [0.15, 0.2) is 0 Å². The fourth-order valence-corrected chi connectivity index (χ4v) is 4.76. The molecule has 3 aliphatic rings. The molecule has 0 bridgehead atoms. The van der Waals surface area contributed by atoms with E-state index >= 15 is 0 Å². The Labute approximate surface area is 139 Å². The zero-order chi connectivity index (χ0) is 15.8. The average Bonchev–Trinajstić information content (AvgIpc) is 3.24. The molecule has 4 rings (SSSR count). The predicted octanol–water partition coefficient (Wildman–Crippen LogP) is 4.10. The lowest BCUT2D eigenvalue weighted by Gasteiger charge is -2.34. The summed E-state index contributed by atoms with van der Waals surface area (Å²) in [6.07, 6.45) is 10.8. The number of urea groups is 1. The maximum Gasteiger partial charge on any atom is 0.324 e. The van der Waals surface area contributed by atoms with E-state index in [0.717, 1.165) is 45.3 Å². The van der Waals surface area contributed by atoms with Crippen LogP contribution in [0.3, 0.4) is 0 Å². The first kappa shape index (κ1) is 15.0. The van der Waals surface area contributed by atoms with Gasteiger partial charge in [0, 0.05) is 19.6 Å². The van der Waals surface area contributed by atoms with Gasteiger partial charge in [0.05, 0.1) is 5.69 Å². The second kappa shape index (κ2) is 6.18. The van der Waals surface area contributed by atoms with Crippen molar-refractivity contribution in [3.8, 4) is 0 Å². The Hall–Kier alpha value is -1.51. The molecular weight excluding hydrogens is 284 g/mol. The predicted molar refractivity (Wildman–Crippen MR) is 94.3 cm³/mol. The van der Waals surface area contributed by atoms with Crippen LogP contribution >= 0.6 is 0 Å². The third-order valence-electron chi connectivity index (χ3n) is 5.88. The molecule has 0 spiro atoms. The van der Waals surface area contributed by atoms with Crippen molar-refractivity contribution in [1.29, 1.82) is 0 Å². The number of amides is 2. The minimum absolute atomic E-state index is 0.251. The molecule has 3 heteroatoms. The summed E-state index contributed by atoms with van der Waals surface area (Å²) >= 11 is 0. The zero-order valence-corrected chi connectivity index (χ0v) is 14.4. The number of carbonyl (C=O) groups is 1. The van der Waals surface area contributed by atoms with Crippen molar-refractivity contribution >= 4 is 11.7 Å². The van der Waals surface area contributed by atoms with Crippen molar-refractivity contribution in [3.05, 3.63) is 28.3 Å². The van der Waals surface area contributed by atoms with Crippen molar-refractivity contribution in [3.63, 3.8) is 0 Å². The first-order valence-electron chi connectivity index (χ1n) is 9.52. The molecule has 3 nitrogen and oxygen atoms in total. The van der Waals surface area contributed by atoms with Gasteiger partial charge in [-0.15, -0.1) is 0 Å². The Morgan fingerprint density at radius 1 is 0.957 bits per heavy atom. The number of rotatable bonds is 2. The molecule has 1 aliphatic heterocycles. The lowest BCUT2D eigenvalue weighted by molar-refractivity contribution is 0.193. The minimum Gasteiger partial charge on any atom is -0.324 e. The average molecular weight is 312 g/mol. The highest BCUT2D eigenvalue weighted by molar-refractivity contribution is 5.94. The second-order valence-corrected chi connectivity index (χ2v) is 7.28. The van der Waals surface area contributed by atoms with E-state index in [0.29, 0.717) is 0 Å². The molecule has 0 N–H and O–H groups in total. The van der Waals surface area contributed by atoms with Gasteiger partial charge < -0.3 is 4.90 Å². The Kier molecular flexibility index (Phi) is 4.04. The maximum atomic E-state index is 13.2. The molecule has 1 fully saturated rings. The van der Waals surface area contributed by atoms with E-state index in [9.17, 15) is 4.79 Å². The summed E-state index contributed by atoms with van der Waals surface area (Å²) in [5.74, 6) is 0. The van der Waals surface area contributed by atoms with Crippen molar-refractivity contribution in [2.24, 2.45) is 0 Å². The van der Waals surface area contributed by atoms with Gasteiger partial charge in [-0.3, -0.25) is 4.90 Å². The van der Waals surface area contributed by atoms with Crippen LogP contribution in [0.4, 0.5) is 10.5 Å². The smallest absolute Gasteiger partial charge is 0.324 e. The molecule has 124 valence electrons. The van der Waals surface area contributed by atoms with Crippen LogP contribution in [0.1, 0.15) is 61.3 Å². The second-order valence-electron chi connectivity index (χ2n) is 7.28. The molecule has 0 atom stereocenters. The summed E-state index contributed by atoms with van der Waals surface area (Å²) in [5.41, 5.74) is 7.32. The van der Waals surface area contributed by atoms with Crippen LogP contribution in [-0.2, 0) is 25.7 Å². The summed E-state index contributed by atoms with van der Waals surface area (Å²) in [7, 11) is 0. The standard InChI is InChI=1S/C20H28N2O/c1-2-22(20(23)21-12-4-3-5-13-21)19-17-10-6-8-15(17)14-16-9-7-11-18(16)19/h14H,2-13H2,1H3. The highest BCUT2D eigenvalue weighted by Crippen LogP contribution is 2.41. The molecule has 1 aromatic rings. The molecule has 0 saturated carbocycles. The van der Waals surface area contributed by atoms with E-state index in [4.69, 9.17) is 0 Å². The van der Waals surface area contributed by atoms with Gasteiger partial charge in [0.1, 0.15) is 0 Å². The SMILES string of the molecule is CCN(C(=O)N1CCCCC1)c1c2c(cc3c1CCC3)CCC2. The molecule has 1 aromatic carbocycles. The van der Waals surface area contributed by atoms with Crippen LogP contribution < -0.4 is 4.90 Å². The zero-order valence-electron chi connectivity index (χ0n) is 14.4. The van der Waals surface area contributed by atoms with Crippen LogP contribution in [-0.4, -0.2) is 30.6 Å². The van der Waals surface area contributed by atoms with E-state index in [2.05, 4.69) is 22.8 Å². The van der Waals surface area contributed by atoms with E-state index < -0.39 is 0 Å². The number of carbonyl (C=O) groups excluding carboxylic acids is 1. The number of fused-ring (bicyclic) bond motifs is 2. The molecule has 2 amide bonds. The van der Waals surface area contributed by atoms with E-state index in [1.165, 1.54) is 60.0 Å². The number of hydrogen-bond donors (Lipinski definition) is 0. The maximum absolute atomic E-state index is 13.2. The molecule has 0 aromatic heterocycles. The lowest BCUT2D eigenvalue weighted by Crippen LogP contribution is -2.46. The van der Waals surface area contributed by atoms with E-state index in [-0.39, 0.29) is 6.03 Å². The number of benzene rings is 1. The highest BCUT2D eigenvalue weighted by atomic mass is 16.2. The Morgan fingerprint density at radius 3 is 2.13 bits per heavy atom. The number of anilines is 1. The Bertz CT molecular complexity index is 584. The monoisotopic (exact) mass is 312 g/mol. The van der Waals surface area contributed by atoms with Crippen molar-refractivity contribution in [2.45, 2.75) is 64.7 Å². The van der Waals surface area contributed by atoms with Gasteiger partial charge in [0.25, 0.3) is 0 Å². The van der Waals surface area contributed by atoms with Crippen LogP contribution in [0, 0.1) is 0 Å². The first-order valence-corrected chi connectivity index (χ1v) is 9.52. The van der Waals surface area contributed by atoms with Crippen molar-refractivity contribution in [1.82, 2.24) is 4.90 Å².